The van der Waals surface area contributed by atoms with E-state index in [4.69, 9.17) is 82.8 Å². The molecule has 4 rings (SSSR count). The van der Waals surface area contributed by atoms with Gasteiger partial charge in [-0.2, -0.15) is 0 Å². The van der Waals surface area contributed by atoms with Gasteiger partial charge in [-0.15, -0.1) is 0 Å². The Labute approximate surface area is 260 Å². The molecule has 4 aliphatic rings. The number of rotatable bonds is 3. The van der Waals surface area contributed by atoms with E-state index in [1.54, 1.807) is 0 Å². The molecule has 0 aromatic rings. The van der Waals surface area contributed by atoms with Crippen LogP contribution in [0.2, 0.25) is 0 Å². The zero-order chi connectivity index (χ0) is 29.1. The average molecular weight is 528 g/mol. The standard InChI is InChI=1S/C10H19NO2.C9H18N2O.2CH4.B7.B6/c1-7-8(11)10(9(12)13-7)5-3-2-4-6-10;1-7-8(10)9(6-12-7)2-4-11-5-3-9;;;1-5-7(4)6(2)3;1-5(2)6(3)4/h7-9,12H,2-6,11H2,1H3;7-8,11H,2-6,10H2,1H3;2*1H4;;/t7-,8+,9?;7-,8+;;;;/m00..../s1. The number of ether oxygens (including phenoxy) is 2. The van der Waals surface area contributed by atoms with Crippen LogP contribution in [0.4, 0.5) is 0 Å². The summed E-state index contributed by atoms with van der Waals surface area (Å²) in [6.07, 6.45) is 5.57. The summed E-state index contributed by atoms with van der Waals surface area (Å²) in [7, 11) is 41.4. The van der Waals surface area contributed by atoms with Crippen molar-refractivity contribution in [2.45, 2.75) is 104 Å². The van der Waals surface area contributed by atoms with Crippen LogP contribution in [0.1, 0.15) is 73.6 Å². The maximum Gasteiger partial charge on any atom is 0.162 e. The molecule has 1 unspecified atom stereocenters. The summed E-state index contributed by atoms with van der Waals surface area (Å²) >= 11 is 0. The topological polar surface area (TPSA) is 103 Å². The van der Waals surface area contributed by atoms with E-state index in [2.05, 4.69) is 12.2 Å². The summed E-state index contributed by atoms with van der Waals surface area (Å²) in [6, 6.07) is 0.266. The molecule has 6 nitrogen and oxygen atoms in total. The predicted molar refractivity (Wildman–Crippen MR) is 186 cm³/mol. The Hall–Kier alpha value is 0.604. The maximum atomic E-state index is 9.84. The van der Waals surface area contributed by atoms with Crippen molar-refractivity contribution in [2.75, 3.05) is 19.7 Å². The summed E-state index contributed by atoms with van der Waals surface area (Å²) in [5, 5.41) is 13.2. The highest BCUT2D eigenvalue weighted by Gasteiger charge is 2.52. The van der Waals surface area contributed by atoms with Crippen molar-refractivity contribution in [3.8, 4) is 0 Å². The van der Waals surface area contributed by atoms with Gasteiger partial charge in [0.25, 0.3) is 0 Å². The molecular formula is C21H45B13N3O3. The Balaban J connectivity index is 0. The van der Waals surface area contributed by atoms with Gasteiger partial charge < -0.3 is 31.4 Å². The third kappa shape index (κ3) is 12.3. The van der Waals surface area contributed by atoms with Crippen LogP contribution in [-0.4, -0.2) is 150 Å². The van der Waals surface area contributed by atoms with Gasteiger partial charge in [-0.1, -0.05) is 34.1 Å². The molecule has 3 saturated heterocycles. The lowest BCUT2D eigenvalue weighted by molar-refractivity contribution is -0.141. The largest absolute Gasteiger partial charge is 0.376 e. The molecule has 0 amide bonds. The van der Waals surface area contributed by atoms with Crippen LogP contribution in [0.3, 0.4) is 0 Å². The molecule has 17 radical (unpaired) electrons. The summed E-state index contributed by atoms with van der Waals surface area (Å²) in [5.74, 6) is 0. The number of hydrogen-bond donors (Lipinski definition) is 4. The van der Waals surface area contributed by atoms with Gasteiger partial charge >= 0.3 is 0 Å². The third-order valence-corrected chi connectivity index (χ3v) is 8.35. The van der Waals surface area contributed by atoms with Crippen LogP contribution in [-0.2, 0) is 9.47 Å². The van der Waals surface area contributed by atoms with Crippen molar-refractivity contribution >= 4 is 94.5 Å². The van der Waals surface area contributed by atoms with Crippen molar-refractivity contribution in [3.63, 3.8) is 0 Å². The smallest absolute Gasteiger partial charge is 0.162 e. The molecule has 1 saturated carbocycles. The SMILES string of the molecule is C.C.C[C@@H]1OC(O)C2(CCCCC2)[C@@H]1N.C[C@@H]1OCC2(CCNCC2)[C@@H]1N.[B]B([B])B([B])[B].[B][B]B([B])B([B])[B]. The Morgan fingerprint density at radius 3 is 1.60 bits per heavy atom. The minimum Gasteiger partial charge on any atom is -0.376 e. The highest BCUT2D eigenvalue weighted by molar-refractivity contribution is 7.81. The first kappa shape index (κ1) is 42.7. The Morgan fingerprint density at radius 2 is 1.30 bits per heavy atom. The molecule has 5 atom stereocenters. The first-order valence-corrected chi connectivity index (χ1v) is 13.7. The minimum atomic E-state index is -0.627. The first-order valence-electron chi connectivity index (χ1n) is 13.7. The number of aliphatic hydroxyl groups excluding tert-OH is 1. The fraction of sp³-hybridized carbons (Fsp3) is 1.00. The highest BCUT2D eigenvalue weighted by Crippen LogP contribution is 2.47. The van der Waals surface area contributed by atoms with E-state index in [1.165, 1.54) is 39.2 Å². The molecule has 0 aromatic heterocycles. The minimum absolute atomic E-state index is 0. The van der Waals surface area contributed by atoms with E-state index in [9.17, 15) is 5.11 Å². The first-order chi connectivity index (χ1) is 17.7. The van der Waals surface area contributed by atoms with Crippen molar-refractivity contribution in [1.82, 2.24) is 5.32 Å². The third-order valence-electron chi connectivity index (χ3n) is 8.35. The molecule has 4 fully saturated rings. The number of nitrogens with two attached hydrogens (primary N) is 2. The van der Waals surface area contributed by atoms with E-state index in [1.807, 2.05) is 6.92 Å². The van der Waals surface area contributed by atoms with Crippen molar-refractivity contribution in [2.24, 2.45) is 22.3 Å². The zero-order valence-corrected chi connectivity index (χ0v) is 23.4. The van der Waals surface area contributed by atoms with Gasteiger partial charge in [0.2, 0.25) is 0 Å². The summed E-state index contributed by atoms with van der Waals surface area (Å²) in [4.78, 5) is 0. The lowest BCUT2D eigenvalue weighted by Crippen LogP contribution is -2.49. The normalized spacial score (nSPS) is 28.9. The monoisotopic (exact) mass is 530 g/mol. The van der Waals surface area contributed by atoms with E-state index in [-0.39, 0.29) is 50.9 Å². The maximum absolute atomic E-state index is 9.84. The number of nitrogens with one attached hydrogen (secondary N) is 1. The highest BCUT2D eigenvalue weighted by atomic mass is 16.6. The summed E-state index contributed by atoms with van der Waals surface area (Å²) in [5.41, 5.74) is 12.4. The lowest BCUT2D eigenvalue weighted by atomic mass is 8.76. The van der Waals surface area contributed by atoms with E-state index in [0.717, 1.165) is 32.5 Å². The van der Waals surface area contributed by atoms with Crippen LogP contribution in [0.25, 0.3) is 0 Å². The van der Waals surface area contributed by atoms with E-state index < -0.39 is 25.4 Å². The van der Waals surface area contributed by atoms with E-state index in [0.29, 0.717) is 5.41 Å². The van der Waals surface area contributed by atoms with Crippen LogP contribution >= 0.6 is 0 Å². The van der Waals surface area contributed by atoms with Crippen LogP contribution in [0, 0.1) is 10.8 Å². The van der Waals surface area contributed by atoms with Crippen LogP contribution in [0.5, 0.6) is 0 Å². The lowest BCUT2D eigenvalue weighted by Gasteiger charge is -2.38. The Bertz CT molecular complexity index is 637. The fourth-order valence-electron chi connectivity index (χ4n) is 5.37. The molecule has 19 heteroatoms. The summed E-state index contributed by atoms with van der Waals surface area (Å²) in [6.45, 7) is 7.11. The zero-order valence-electron chi connectivity index (χ0n) is 23.4. The fourth-order valence-corrected chi connectivity index (χ4v) is 5.37. The predicted octanol–water partition coefficient (Wildman–Crippen LogP) is -2.57. The Morgan fingerprint density at radius 1 is 0.800 bits per heavy atom. The second-order valence-corrected chi connectivity index (χ2v) is 11.2. The molecular weight excluding hydrogens is 483 g/mol. The molecule has 2 spiro atoms. The molecule has 0 aromatic carbocycles. The van der Waals surface area contributed by atoms with Gasteiger partial charge in [-0.3, -0.25) is 0 Å². The number of aliphatic hydroxyl groups is 1. The van der Waals surface area contributed by atoms with Crippen molar-refractivity contribution in [1.29, 1.82) is 0 Å². The van der Waals surface area contributed by atoms with Gasteiger partial charge in [-0.25, -0.2) is 0 Å². The van der Waals surface area contributed by atoms with Crippen LogP contribution < -0.4 is 16.8 Å². The molecule has 3 heterocycles. The van der Waals surface area contributed by atoms with Crippen LogP contribution in [0.15, 0.2) is 0 Å². The van der Waals surface area contributed by atoms with Gasteiger partial charge in [0, 0.05) is 117 Å². The number of piperidine rings is 1. The summed E-state index contributed by atoms with van der Waals surface area (Å²) < 4.78 is 11.0. The van der Waals surface area contributed by atoms with Crippen molar-refractivity contribution < 1.29 is 14.6 Å². The molecule has 40 heavy (non-hydrogen) atoms. The molecule has 0 bridgehead atoms. The quantitative estimate of drug-likeness (QED) is 0.301. The molecule has 1 aliphatic carbocycles. The van der Waals surface area contributed by atoms with Gasteiger partial charge in [-0.05, 0) is 52.6 Å². The second kappa shape index (κ2) is 20.5. The van der Waals surface area contributed by atoms with Gasteiger partial charge in [0.15, 0.2) is 6.29 Å². The number of hydrogen-bond acceptors (Lipinski definition) is 6. The average Bonchev–Trinajstić information content (AvgIpc) is 3.28. The van der Waals surface area contributed by atoms with E-state index >= 15 is 0 Å². The molecule has 201 valence electrons. The molecule has 3 aliphatic heterocycles. The second-order valence-electron chi connectivity index (χ2n) is 11.2. The molecule has 6 N–H and O–H groups in total. The van der Waals surface area contributed by atoms with Gasteiger partial charge in [0.05, 0.1) is 18.8 Å². The van der Waals surface area contributed by atoms with Crippen molar-refractivity contribution in [3.05, 3.63) is 0 Å². The Kier molecular flexibility index (Phi) is 21.9. The van der Waals surface area contributed by atoms with Gasteiger partial charge in [0.1, 0.15) is 0 Å².